The van der Waals surface area contributed by atoms with E-state index >= 15 is 0 Å². The van der Waals surface area contributed by atoms with Crippen molar-refractivity contribution in [1.29, 1.82) is 0 Å². The number of nitrogens with zero attached hydrogens (tertiary/aromatic N) is 1. The molecule has 0 aliphatic carbocycles. The fourth-order valence-electron chi connectivity index (χ4n) is 1.79. The van der Waals surface area contributed by atoms with Gasteiger partial charge in [-0.05, 0) is 23.3 Å². The Bertz CT molecular complexity index is 568. The summed E-state index contributed by atoms with van der Waals surface area (Å²) in [5.41, 5.74) is 5.15. The van der Waals surface area contributed by atoms with E-state index in [4.69, 9.17) is 9.47 Å². The van der Waals surface area contributed by atoms with Gasteiger partial charge in [-0.25, -0.2) is 0 Å². The predicted molar refractivity (Wildman–Crippen MR) is 80.4 cm³/mol. The van der Waals surface area contributed by atoms with Gasteiger partial charge in [-0.3, -0.25) is 0 Å². The highest BCUT2D eigenvalue weighted by atomic mass is 16.5. The third kappa shape index (κ3) is 3.75. The molecule has 0 saturated heterocycles. The third-order valence-corrected chi connectivity index (χ3v) is 2.84. The molecule has 0 aliphatic rings. The van der Waals surface area contributed by atoms with Gasteiger partial charge in [0.25, 0.3) is 0 Å². The molecule has 0 amide bonds. The third-order valence-electron chi connectivity index (χ3n) is 2.84. The Hall–Kier alpha value is -2.49. The molecular formula is C16H18N2O2. The summed E-state index contributed by atoms with van der Waals surface area (Å²) >= 11 is 0. The summed E-state index contributed by atoms with van der Waals surface area (Å²) in [7, 11) is 3.25. The normalized spacial score (nSPS) is 10.5. The van der Waals surface area contributed by atoms with E-state index in [1.807, 2.05) is 48.5 Å². The van der Waals surface area contributed by atoms with E-state index in [-0.39, 0.29) is 0 Å². The highest BCUT2D eigenvalue weighted by molar-refractivity contribution is 5.79. The first-order valence-corrected chi connectivity index (χ1v) is 6.35. The molecule has 4 nitrogen and oxygen atoms in total. The van der Waals surface area contributed by atoms with E-state index in [0.29, 0.717) is 6.54 Å². The number of ether oxygens (including phenoxy) is 2. The fraction of sp³-hybridized carbons (Fsp3) is 0.188. The van der Waals surface area contributed by atoms with Crippen LogP contribution in [-0.4, -0.2) is 20.4 Å². The molecule has 4 heteroatoms. The van der Waals surface area contributed by atoms with Gasteiger partial charge in [0.2, 0.25) is 0 Å². The lowest BCUT2D eigenvalue weighted by Gasteiger charge is -2.09. The van der Waals surface area contributed by atoms with Crippen LogP contribution >= 0.6 is 0 Å². The second-order valence-electron chi connectivity index (χ2n) is 4.19. The minimum absolute atomic E-state index is 0.629. The van der Waals surface area contributed by atoms with Crippen molar-refractivity contribution in [1.82, 2.24) is 5.43 Å². The number of nitrogens with one attached hydrogen (secondary N) is 1. The second-order valence-corrected chi connectivity index (χ2v) is 4.19. The largest absolute Gasteiger partial charge is 0.493 e. The molecule has 2 rings (SSSR count). The summed E-state index contributed by atoms with van der Waals surface area (Å²) in [6.45, 7) is 0.629. The van der Waals surface area contributed by atoms with Crippen LogP contribution in [0, 0.1) is 0 Å². The van der Waals surface area contributed by atoms with Crippen molar-refractivity contribution in [2.75, 3.05) is 14.2 Å². The number of hydrazone groups is 1. The Morgan fingerprint density at radius 1 is 1.00 bits per heavy atom. The van der Waals surface area contributed by atoms with Crippen molar-refractivity contribution in [3.8, 4) is 11.5 Å². The lowest BCUT2D eigenvalue weighted by atomic mass is 10.2. The summed E-state index contributed by atoms with van der Waals surface area (Å²) in [5, 5.41) is 4.19. The predicted octanol–water partition coefficient (Wildman–Crippen LogP) is 2.83. The maximum Gasteiger partial charge on any atom is 0.161 e. The minimum atomic E-state index is 0.629. The number of hydrogen-bond acceptors (Lipinski definition) is 4. The molecule has 0 bridgehead atoms. The van der Waals surface area contributed by atoms with E-state index in [0.717, 1.165) is 22.6 Å². The average Bonchev–Trinajstić information content (AvgIpc) is 2.52. The van der Waals surface area contributed by atoms with Crippen LogP contribution in [0.15, 0.2) is 53.6 Å². The maximum absolute atomic E-state index is 5.26. The van der Waals surface area contributed by atoms with Gasteiger partial charge in [0.1, 0.15) is 0 Å². The molecule has 0 spiro atoms. The van der Waals surface area contributed by atoms with Gasteiger partial charge in [-0.1, -0.05) is 36.4 Å². The van der Waals surface area contributed by atoms with Gasteiger partial charge in [0.05, 0.1) is 27.0 Å². The number of rotatable bonds is 6. The molecular weight excluding hydrogens is 252 g/mol. The van der Waals surface area contributed by atoms with E-state index in [1.54, 1.807) is 20.4 Å². The lowest BCUT2D eigenvalue weighted by molar-refractivity contribution is 0.354. The first kappa shape index (κ1) is 13.9. The van der Waals surface area contributed by atoms with E-state index in [9.17, 15) is 0 Å². The van der Waals surface area contributed by atoms with E-state index < -0.39 is 0 Å². The SMILES string of the molecule is COc1ccc(CN/N=C\c2ccccc2)cc1OC. The van der Waals surface area contributed by atoms with Crippen LogP contribution in [0.4, 0.5) is 0 Å². The molecule has 20 heavy (non-hydrogen) atoms. The Morgan fingerprint density at radius 2 is 1.75 bits per heavy atom. The van der Waals surface area contributed by atoms with Crippen molar-refractivity contribution in [2.45, 2.75) is 6.54 Å². The lowest BCUT2D eigenvalue weighted by Crippen LogP contribution is -2.06. The minimum Gasteiger partial charge on any atom is -0.493 e. The molecule has 0 aliphatic heterocycles. The number of hydrogen-bond donors (Lipinski definition) is 1. The van der Waals surface area contributed by atoms with Gasteiger partial charge < -0.3 is 14.9 Å². The number of methoxy groups -OCH3 is 2. The van der Waals surface area contributed by atoms with Crippen LogP contribution < -0.4 is 14.9 Å². The number of benzene rings is 2. The van der Waals surface area contributed by atoms with Crippen LogP contribution in [0.1, 0.15) is 11.1 Å². The molecule has 2 aromatic carbocycles. The first-order chi connectivity index (χ1) is 9.83. The fourth-order valence-corrected chi connectivity index (χ4v) is 1.79. The molecule has 2 aromatic rings. The molecule has 1 N–H and O–H groups in total. The van der Waals surface area contributed by atoms with Crippen LogP contribution in [0.2, 0.25) is 0 Å². The maximum atomic E-state index is 5.26. The quantitative estimate of drug-likeness (QED) is 0.648. The molecule has 0 radical (unpaired) electrons. The van der Waals surface area contributed by atoms with Crippen molar-refractivity contribution in [2.24, 2.45) is 5.10 Å². The van der Waals surface area contributed by atoms with Crippen LogP contribution in [0.25, 0.3) is 0 Å². The Kier molecular flexibility index (Phi) is 5.00. The smallest absolute Gasteiger partial charge is 0.161 e. The Morgan fingerprint density at radius 3 is 2.45 bits per heavy atom. The van der Waals surface area contributed by atoms with Crippen molar-refractivity contribution in [3.05, 3.63) is 59.7 Å². The summed E-state index contributed by atoms with van der Waals surface area (Å²) in [6, 6.07) is 15.7. The molecule has 104 valence electrons. The van der Waals surface area contributed by atoms with Crippen LogP contribution in [0.5, 0.6) is 11.5 Å². The first-order valence-electron chi connectivity index (χ1n) is 6.35. The summed E-state index contributed by atoms with van der Waals surface area (Å²) in [5.74, 6) is 1.45. The molecule has 0 atom stereocenters. The summed E-state index contributed by atoms with van der Waals surface area (Å²) in [4.78, 5) is 0. The van der Waals surface area contributed by atoms with Crippen LogP contribution in [-0.2, 0) is 6.54 Å². The zero-order chi connectivity index (χ0) is 14.2. The molecule has 0 heterocycles. The van der Waals surface area contributed by atoms with Gasteiger partial charge in [0, 0.05) is 0 Å². The van der Waals surface area contributed by atoms with Gasteiger partial charge in [-0.15, -0.1) is 0 Å². The van der Waals surface area contributed by atoms with Crippen molar-refractivity contribution < 1.29 is 9.47 Å². The van der Waals surface area contributed by atoms with Gasteiger partial charge in [-0.2, -0.15) is 5.10 Å². The Balaban J connectivity index is 1.93. The second kappa shape index (κ2) is 7.19. The molecule has 0 saturated carbocycles. The average molecular weight is 270 g/mol. The zero-order valence-electron chi connectivity index (χ0n) is 11.7. The molecule has 0 unspecified atom stereocenters. The monoisotopic (exact) mass is 270 g/mol. The van der Waals surface area contributed by atoms with Crippen molar-refractivity contribution >= 4 is 6.21 Å². The van der Waals surface area contributed by atoms with Crippen LogP contribution in [0.3, 0.4) is 0 Å². The standard InChI is InChI=1S/C16H18N2O2/c1-19-15-9-8-14(10-16(15)20-2)12-18-17-11-13-6-4-3-5-7-13/h3-11,18H,12H2,1-2H3/b17-11-. The summed E-state index contributed by atoms with van der Waals surface area (Å²) in [6.07, 6.45) is 1.79. The molecule has 0 fully saturated rings. The van der Waals surface area contributed by atoms with Gasteiger partial charge >= 0.3 is 0 Å². The summed E-state index contributed by atoms with van der Waals surface area (Å²) < 4.78 is 10.5. The van der Waals surface area contributed by atoms with Crippen molar-refractivity contribution in [3.63, 3.8) is 0 Å². The van der Waals surface area contributed by atoms with E-state index in [1.165, 1.54) is 0 Å². The highest BCUT2D eigenvalue weighted by Gasteiger charge is 2.03. The van der Waals surface area contributed by atoms with Gasteiger partial charge in [0.15, 0.2) is 11.5 Å². The van der Waals surface area contributed by atoms with E-state index in [2.05, 4.69) is 10.5 Å². The molecule has 0 aromatic heterocycles. The highest BCUT2D eigenvalue weighted by Crippen LogP contribution is 2.27. The Labute approximate surface area is 119 Å². The zero-order valence-corrected chi connectivity index (χ0v) is 11.7. The topological polar surface area (TPSA) is 42.8 Å².